The van der Waals surface area contributed by atoms with Gasteiger partial charge in [0.2, 0.25) is 5.91 Å². The highest BCUT2D eigenvalue weighted by Gasteiger charge is 2.53. The number of unbranched alkanes of at least 4 members (excludes halogenated alkanes) is 24. The smallest absolute Gasteiger partial charge is 0.220 e. The van der Waals surface area contributed by atoms with Gasteiger partial charge in [0.15, 0.2) is 18.9 Å². The van der Waals surface area contributed by atoms with Gasteiger partial charge in [-0.05, 0) is 89.9 Å². The van der Waals surface area contributed by atoms with E-state index in [0.29, 0.717) is 6.42 Å². The minimum atomic E-state index is -1.98. The monoisotopic (exact) mass is 1400 g/mol. The summed E-state index contributed by atoms with van der Waals surface area (Å²) in [4.78, 5) is 13.4. The topological polar surface area (TPSA) is 307 Å². The molecule has 0 aromatic heterocycles. The summed E-state index contributed by atoms with van der Waals surface area (Å²) < 4.78 is 34.4. The van der Waals surface area contributed by atoms with Crippen LogP contribution >= 0.6 is 0 Å². The number of amides is 1. The van der Waals surface area contributed by atoms with Gasteiger partial charge in [0.25, 0.3) is 0 Å². The highest BCUT2D eigenvalue weighted by atomic mass is 16.8. The predicted octanol–water partition coefficient (Wildman–Crippen LogP) is 11.9. The molecule has 17 atom stereocenters. The second kappa shape index (κ2) is 59.6. The Labute approximate surface area is 595 Å². The van der Waals surface area contributed by atoms with Crippen LogP contribution in [-0.4, -0.2) is 193 Å². The molecule has 0 saturated carbocycles. The Morgan fingerprint density at radius 2 is 0.697 bits per heavy atom. The molecule has 0 bridgehead atoms. The average molecular weight is 1400 g/mol. The van der Waals surface area contributed by atoms with Crippen LogP contribution in [0.4, 0.5) is 0 Å². The molecule has 3 saturated heterocycles. The summed E-state index contributed by atoms with van der Waals surface area (Å²) in [5.74, 6) is -0.286. The van der Waals surface area contributed by atoms with Crippen LogP contribution in [0.2, 0.25) is 0 Å². The molecular formula is C80H135NO18. The standard InChI is InChI=1S/C80H135NO18/c1-3-5-7-9-11-13-15-17-19-21-22-23-24-25-26-27-28-29-30-31-32-33-34-35-36-37-38-39-40-42-44-46-48-50-52-54-56-58-68(86)81-63(64(85)57-55-53-51-49-47-45-43-41-20-18-16-14-12-10-8-6-4-2)62-94-78-74(92)71(89)76(66(60-83)96-78)99-80-75(93)72(90)77(67(61-84)97-80)98-79-73(91)70(88)69(87)65(59-82)95-79/h5,7,11,13,17,19,22-23,25-26,28-29,31-32,34-35,37-38,55,57,63-67,69-80,82-85,87-93H,3-4,6,8-10,12,14-16,18,20-21,24,27,30,33,36,39-54,56,58-62H2,1-2H3,(H,81,86)/b7-5-,13-11-,19-17-,23-22-,26-25-,29-28-,32-31-,35-34-,38-37-,57-55+. The highest BCUT2D eigenvalue weighted by Crippen LogP contribution is 2.33. The number of carbonyl (C=O) groups excluding carboxylic acids is 1. The molecule has 3 fully saturated rings. The summed E-state index contributed by atoms with van der Waals surface area (Å²) in [6.07, 6.45) is 56.0. The van der Waals surface area contributed by atoms with E-state index >= 15 is 0 Å². The second-order valence-electron chi connectivity index (χ2n) is 26.7. The van der Waals surface area contributed by atoms with E-state index in [0.717, 1.165) is 116 Å². The van der Waals surface area contributed by atoms with Crippen LogP contribution in [0.15, 0.2) is 122 Å². The fraction of sp³-hybridized carbons (Fsp3) is 0.738. The zero-order chi connectivity index (χ0) is 71.8. The van der Waals surface area contributed by atoms with Crippen LogP contribution in [0.25, 0.3) is 0 Å². The maximum Gasteiger partial charge on any atom is 0.220 e. The molecule has 568 valence electrons. The van der Waals surface area contributed by atoms with Crippen LogP contribution < -0.4 is 5.32 Å². The Morgan fingerprint density at radius 1 is 0.374 bits per heavy atom. The van der Waals surface area contributed by atoms with Crippen LogP contribution in [0.1, 0.15) is 245 Å². The molecule has 99 heavy (non-hydrogen) atoms. The van der Waals surface area contributed by atoms with Crippen molar-refractivity contribution in [1.29, 1.82) is 0 Å². The van der Waals surface area contributed by atoms with E-state index in [9.17, 15) is 61.0 Å². The van der Waals surface area contributed by atoms with E-state index in [2.05, 4.69) is 129 Å². The quantitative estimate of drug-likeness (QED) is 0.0199. The van der Waals surface area contributed by atoms with E-state index in [1.54, 1.807) is 6.08 Å². The fourth-order valence-electron chi connectivity index (χ4n) is 12.1. The molecule has 0 aliphatic carbocycles. The summed E-state index contributed by atoms with van der Waals surface area (Å²) in [5, 5.41) is 121. The molecule has 0 aromatic carbocycles. The minimum Gasteiger partial charge on any atom is -0.394 e. The number of nitrogens with one attached hydrogen (secondary N) is 1. The van der Waals surface area contributed by atoms with E-state index in [4.69, 9.17) is 28.4 Å². The van der Waals surface area contributed by atoms with Gasteiger partial charge in [-0.2, -0.15) is 0 Å². The Morgan fingerprint density at radius 3 is 1.09 bits per heavy atom. The SMILES string of the molecule is CC/C=C\C/C=C\C/C=C\C/C=C\C/C=C\C/C=C\C/C=C\C/C=C\C/C=C\CCCCCCCCCCCC(=O)NC(COC1OC(CO)C(OC2OC(CO)C(OC3OC(CO)C(O)C(O)C3O)C(O)C2O)C(O)C1O)C(O)/C=C/CCCCCCCCCCCCCCCCC. The van der Waals surface area contributed by atoms with Gasteiger partial charge in [-0.25, -0.2) is 0 Å². The van der Waals surface area contributed by atoms with Crippen molar-refractivity contribution in [3.63, 3.8) is 0 Å². The van der Waals surface area contributed by atoms with Crippen molar-refractivity contribution in [2.45, 2.75) is 349 Å². The third-order valence-electron chi connectivity index (χ3n) is 18.3. The molecule has 0 aromatic rings. The Balaban J connectivity index is 1.37. The van der Waals surface area contributed by atoms with Crippen molar-refractivity contribution in [1.82, 2.24) is 5.32 Å². The van der Waals surface area contributed by atoms with Gasteiger partial charge in [0.05, 0.1) is 38.6 Å². The van der Waals surface area contributed by atoms with Gasteiger partial charge < -0.3 is 89.9 Å². The lowest BCUT2D eigenvalue weighted by molar-refractivity contribution is -0.379. The van der Waals surface area contributed by atoms with Crippen molar-refractivity contribution >= 4 is 5.91 Å². The largest absolute Gasteiger partial charge is 0.394 e. The van der Waals surface area contributed by atoms with Crippen LogP contribution in [0.5, 0.6) is 0 Å². The van der Waals surface area contributed by atoms with Crippen molar-refractivity contribution < 1.29 is 89.4 Å². The van der Waals surface area contributed by atoms with Gasteiger partial charge in [0.1, 0.15) is 73.2 Å². The molecule has 3 rings (SSSR count). The second-order valence-corrected chi connectivity index (χ2v) is 26.7. The van der Waals surface area contributed by atoms with Crippen LogP contribution in [0, 0.1) is 0 Å². The third-order valence-corrected chi connectivity index (χ3v) is 18.3. The molecule has 1 amide bonds. The number of hydrogen-bond acceptors (Lipinski definition) is 18. The van der Waals surface area contributed by atoms with Gasteiger partial charge in [0, 0.05) is 6.42 Å². The normalized spacial score (nSPS) is 27.3. The number of aliphatic hydroxyl groups is 11. The van der Waals surface area contributed by atoms with Gasteiger partial charge >= 0.3 is 0 Å². The van der Waals surface area contributed by atoms with Gasteiger partial charge in [-0.15, -0.1) is 0 Å². The maximum absolute atomic E-state index is 13.4. The summed E-state index contributed by atoms with van der Waals surface area (Å²) >= 11 is 0. The van der Waals surface area contributed by atoms with E-state index in [1.807, 2.05) is 6.08 Å². The number of hydrogen-bond donors (Lipinski definition) is 12. The van der Waals surface area contributed by atoms with E-state index in [1.165, 1.54) is 103 Å². The first kappa shape index (κ1) is 89.4. The molecule has 19 heteroatoms. The first-order valence-electron chi connectivity index (χ1n) is 38.3. The minimum absolute atomic E-state index is 0.229. The summed E-state index contributed by atoms with van der Waals surface area (Å²) in [6, 6.07) is -0.985. The van der Waals surface area contributed by atoms with E-state index in [-0.39, 0.29) is 18.9 Å². The predicted molar refractivity (Wildman–Crippen MR) is 392 cm³/mol. The van der Waals surface area contributed by atoms with Gasteiger partial charge in [-0.3, -0.25) is 4.79 Å². The highest BCUT2D eigenvalue weighted by molar-refractivity contribution is 5.76. The molecule has 3 aliphatic heterocycles. The fourth-order valence-corrected chi connectivity index (χ4v) is 12.1. The number of carbonyl (C=O) groups is 1. The number of rotatable bonds is 58. The summed E-state index contributed by atoms with van der Waals surface area (Å²) in [6.45, 7) is 1.61. The molecule has 17 unspecified atom stereocenters. The molecule has 3 aliphatic rings. The lowest BCUT2D eigenvalue weighted by Crippen LogP contribution is -2.66. The number of aliphatic hydroxyl groups excluding tert-OH is 11. The Kier molecular flexibility index (Phi) is 53.8. The summed E-state index contributed by atoms with van der Waals surface area (Å²) in [7, 11) is 0. The zero-order valence-electron chi connectivity index (χ0n) is 60.4. The lowest BCUT2D eigenvalue weighted by Gasteiger charge is -2.48. The first-order valence-corrected chi connectivity index (χ1v) is 38.3. The average Bonchev–Trinajstić information content (AvgIpc) is 0.786. The van der Waals surface area contributed by atoms with Crippen molar-refractivity contribution in [3.8, 4) is 0 Å². The molecule has 0 radical (unpaired) electrons. The Bertz CT molecular complexity index is 2260. The lowest BCUT2D eigenvalue weighted by atomic mass is 9.96. The van der Waals surface area contributed by atoms with E-state index < -0.39 is 124 Å². The molecular weight excluding hydrogens is 1260 g/mol. The molecule has 12 N–H and O–H groups in total. The van der Waals surface area contributed by atoms with Crippen LogP contribution in [-0.2, 0) is 33.2 Å². The number of allylic oxidation sites excluding steroid dienone is 19. The van der Waals surface area contributed by atoms with Crippen molar-refractivity contribution in [2.75, 3.05) is 26.4 Å². The molecule has 0 spiro atoms. The summed E-state index contributed by atoms with van der Waals surface area (Å²) in [5.41, 5.74) is 0. The third kappa shape index (κ3) is 40.2. The van der Waals surface area contributed by atoms with Crippen LogP contribution in [0.3, 0.4) is 0 Å². The van der Waals surface area contributed by atoms with Crippen molar-refractivity contribution in [2.24, 2.45) is 0 Å². The number of ether oxygens (including phenoxy) is 6. The molecule has 19 nitrogen and oxygen atoms in total. The van der Waals surface area contributed by atoms with Crippen molar-refractivity contribution in [3.05, 3.63) is 122 Å². The molecule has 3 heterocycles. The first-order chi connectivity index (χ1) is 48.3. The Hall–Kier alpha value is -3.81. The van der Waals surface area contributed by atoms with Gasteiger partial charge in [-0.1, -0.05) is 270 Å². The maximum atomic E-state index is 13.4. The zero-order valence-corrected chi connectivity index (χ0v) is 60.4.